The maximum absolute atomic E-state index is 12.5. The number of fused-ring (bicyclic) bond motifs is 1. The Hall–Kier alpha value is -2.69. The largest absolute Gasteiger partial charge is 0.348 e. The molecule has 0 saturated heterocycles. The molecule has 1 aliphatic carbocycles. The van der Waals surface area contributed by atoms with Crippen LogP contribution in [0.4, 0.5) is 0 Å². The second-order valence-corrected chi connectivity index (χ2v) is 6.35. The lowest BCUT2D eigenvalue weighted by Gasteiger charge is -2.09. The Balaban J connectivity index is 1.55. The second kappa shape index (κ2) is 6.43. The Bertz CT molecular complexity index is 850. The summed E-state index contributed by atoms with van der Waals surface area (Å²) >= 11 is 0. The highest BCUT2D eigenvalue weighted by Crippen LogP contribution is 2.33. The molecule has 0 aliphatic heterocycles. The Morgan fingerprint density at radius 2 is 1.88 bits per heavy atom. The molecule has 122 valence electrons. The van der Waals surface area contributed by atoms with E-state index >= 15 is 0 Å². The first-order chi connectivity index (χ1) is 11.8. The predicted octanol–water partition coefficient (Wildman–Crippen LogP) is 3.32. The predicted molar refractivity (Wildman–Crippen MR) is 91.8 cm³/mol. The van der Waals surface area contributed by atoms with Gasteiger partial charge >= 0.3 is 0 Å². The van der Waals surface area contributed by atoms with E-state index in [1.807, 2.05) is 53.1 Å². The number of benzene rings is 1. The number of amides is 1. The van der Waals surface area contributed by atoms with Gasteiger partial charge in [-0.2, -0.15) is 0 Å². The van der Waals surface area contributed by atoms with Gasteiger partial charge in [0.2, 0.25) is 0 Å². The normalized spacial score (nSPS) is 15.0. The fourth-order valence-corrected chi connectivity index (χ4v) is 3.39. The van der Waals surface area contributed by atoms with Crippen molar-refractivity contribution in [1.82, 2.24) is 19.9 Å². The second-order valence-electron chi connectivity index (χ2n) is 6.35. The molecule has 1 aromatic carbocycles. The molecule has 1 N–H and O–H groups in total. The third kappa shape index (κ3) is 2.89. The Morgan fingerprint density at radius 3 is 2.67 bits per heavy atom. The fourth-order valence-electron chi connectivity index (χ4n) is 3.39. The summed E-state index contributed by atoms with van der Waals surface area (Å²) < 4.78 is 1.98. The number of carbonyl (C=O) groups excluding carboxylic acids is 1. The molecule has 5 nitrogen and oxygen atoms in total. The van der Waals surface area contributed by atoms with Crippen molar-refractivity contribution in [2.24, 2.45) is 0 Å². The van der Waals surface area contributed by atoms with E-state index in [9.17, 15) is 4.79 Å². The highest BCUT2D eigenvalue weighted by molar-refractivity contribution is 5.94. The van der Waals surface area contributed by atoms with Crippen LogP contribution in [0.3, 0.4) is 0 Å². The van der Waals surface area contributed by atoms with Crippen molar-refractivity contribution in [3.8, 4) is 0 Å². The lowest BCUT2D eigenvalue weighted by Crippen LogP contribution is -2.23. The molecule has 4 rings (SSSR count). The van der Waals surface area contributed by atoms with E-state index in [-0.39, 0.29) is 5.91 Å². The van der Waals surface area contributed by atoms with E-state index in [0.29, 0.717) is 18.0 Å². The molecule has 0 bridgehead atoms. The first-order valence-corrected chi connectivity index (χ1v) is 8.48. The molecule has 0 atom stereocenters. The molecule has 1 saturated carbocycles. The Morgan fingerprint density at radius 1 is 1.08 bits per heavy atom. The average molecular weight is 320 g/mol. The van der Waals surface area contributed by atoms with Crippen LogP contribution in [0.1, 0.15) is 53.3 Å². The van der Waals surface area contributed by atoms with Gasteiger partial charge in [-0.05, 0) is 30.5 Å². The molecule has 2 heterocycles. The number of nitrogens with one attached hydrogen (secondary N) is 1. The maximum atomic E-state index is 12.5. The van der Waals surface area contributed by atoms with Gasteiger partial charge in [0.15, 0.2) is 5.65 Å². The molecule has 5 heteroatoms. The molecule has 3 aromatic rings. The zero-order valence-corrected chi connectivity index (χ0v) is 13.5. The SMILES string of the molecule is O=C(NCc1ccccc1)c1ccc2nnc(C3CCCC3)n2c1. The number of hydrogen-bond donors (Lipinski definition) is 1. The molecule has 0 spiro atoms. The number of nitrogens with zero attached hydrogens (tertiary/aromatic N) is 3. The quantitative estimate of drug-likeness (QED) is 0.802. The van der Waals surface area contributed by atoms with E-state index in [4.69, 9.17) is 0 Å². The van der Waals surface area contributed by atoms with Crippen LogP contribution in [0.2, 0.25) is 0 Å². The highest BCUT2D eigenvalue weighted by atomic mass is 16.1. The lowest BCUT2D eigenvalue weighted by atomic mass is 10.1. The summed E-state index contributed by atoms with van der Waals surface area (Å²) in [5, 5.41) is 11.6. The summed E-state index contributed by atoms with van der Waals surface area (Å²) in [5.41, 5.74) is 2.52. The van der Waals surface area contributed by atoms with Gasteiger partial charge in [-0.15, -0.1) is 10.2 Å². The summed E-state index contributed by atoms with van der Waals surface area (Å²) in [6.45, 7) is 0.523. The van der Waals surface area contributed by atoms with E-state index in [2.05, 4.69) is 15.5 Å². The molecule has 1 fully saturated rings. The Labute approximate surface area is 140 Å². The third-order valence-corrected chi connectivity index (χ3v) is 4.71. The molecular weight excluding hydrogens is 300 g/mol. The zero-order chi connectivity index (χ0) is 16.4. The summed E-state index contributed by atoms with van der Waals surface area (Å²) in [6.07, 6.45) is 6.67. The molecule has 0 radical (unpaired) electrons. The zero-order valence-electron chi connectivity index (χ0n) is 13.5. The van der Waals surface area contributed by atoms with Gasteiger partial charge in [0, 0.05) is 18.7 Å². The van der Waals surface area contributed by atoms with Gasteiger partial charge in [0.25, 0.3) is 5.91 Å². The maximum Gasteiger partial charge on any atom is 0.253 e. The van der Waals surface area contributed by atoms with Gasteiger partial charge in [-0.25, -0.2) is 0 Å². The van der Waals surface area contributed by atoms with Crippen LogP contribution in [0.5, 0.6) is 0 Å². The first kappa shape index (κ1) is 14.9. The number of pyridine rings is 1. The van der Waals surface area contributed by atoms with E-state index < -0.39 is 0 Å². The van der Waals surface area contributed by atoms with E-state index in [0.717, 1.165) is 29.9 Å². The van der Waals surface area contributed by atoms with Crippen molar-refractivity contribution < 1.29 is 4.79 Å². The topological polar surface area (TPSA) is 59.3 Å². The van der Waals surface area contributed by atoms with Crippen LogP contribution in [0.15, 0.2) is 48.7 Å². The van der Waals surface area contributed by atoms with E-state index in [1.54, 1.807) is 0 Å². The summed E-state index contributed by atoms with van der Waals surface area (Å²) in [4.78, 5) is 12.5. The van der Waals surface area contributed by atoms with Crippen LogP contribution in [0.25, 0.3) is 5.65 Å². The van der Waals surface area contributed by atoms with Crippen LogP contribution in [0, 0.1) is 0 Å². The summed E-state index contributed by atoms with van der Waals surface area (Å²) in [6, 6.07) is 13.6. The minimum atomic E-state index is -0.0770. The highest BCUT2D eigenvalue weighted by Gasteiger charge is 2.22. The smallest absolute Gasteiger partial charge is 0.253 e. The van der Waals surface area contributed by atoms with Crippen molar-refractivity contribution in [2.75, 3.05) is 0 Å². The summed E-state index contributed by atoms with van der Waals surface area (Å²) in [7, 11) is 0. The number of carbonyl (C=O) groups is 1. The van der Waals surface area contributed by atoms with Crippen molar-refractivity contribution in [2.45, 2.75) is 38.1 Å². The third-order valence-electron chi connectivity index (χ3n) is 4.71. The molecule has 1 amide bonds. The minimum absolute atomic E-state index is 0.0770. The van der Waals surface area contributed by atoms with Crippen LogP contribution in [-0.2, 0) is 6.54 Å². The molecule has 0 unspecified atom stereocenters. The van der Waals surface area contributed by atoms with Gasteiger partial charge < -0.3 is 5.32 Å². The van der Waals surface area contributed by atoms with Crippen molar-refractivity contribution in [3.05, 3.63) is 65.6 Å². The number of hydrogen-bond acceptors (Lipinski definition) is 3. The van der Waals surface area contributed by atoms with Gasteiger partial charge in [-0.3, -0.25) is 9.20 Å². The monoisotopic (exact) mass is 320 g/mol. The van der Waals surface area contributed by atoms with Crippen LogP contribution < -0.4 is 5.32 Å². The standard InChI is InChI=1S/C19H20N4O/c24-19(20-12-14-6-2-1-3-7-14)16-10-11-17-21-22-18(23(17)13-16)15-8-4-5-9-15/h1-3,6-7,10-11,13,15H,4-5,8-9,12H2,(H,20,24). The fraction of sp³-hybridized carbons (Fsp3) is 0.316. The number of rotatable bonds is 4. The van der Waals surface area contributed by atoms with Gasteiger partial charge in [-0.1, -0.05) is 43.2 Å². The molecular formula is C19H20N4O. The van der Waals surface area contributed by atoms with E-state index in [1.165, 1.54) is 12.8 Å². The number of aromatic nitrogens is 3. The molecule has 2 aromatic heterocycles. The van der Waals surface area contributed by atoms with Crippen LogP contribution >= 0.6 is 0 Å². The molecule has 1 aliphatic rings. The van der Waals surface area contributed by atoms with Crippen LogP contribution in [-0.4, -0.2) is 20.5 Å². The molecule has 24 heavy (non-hydrogen) atoms. The van der Waals surface area contributed by atoms with Crippen molar-refractivity contribution >= 4 is 11.6 Å². The first-order valence-electron chi connectivity index (χ1n) is 8.48. The summed E-state index contributed by atoms with van der Waals surface area (Å²) in [5.74, 6) is 1.37. The van der Waals surface area contributed by atoms with Gasteiger partial charge in [0.1, 0.15) is 5.82 Å². The average Bonchev–Trinajstić information content (AvgIpc) is 3.29. The van der Waals surface area contributed by atoms with Crippen molar-refractivity contribution in [3.63, 3.8) is 0 Å². The minimum Gasteiger partial charge on any atom is -0.348 e. The lowest BCUT2D eigenvalue weighted by molar-refractivity contribution is 0.0950. The Kier molecular flexibility index (Phi) is 3.99. The van der Waals surface area contributed by atoms with Crippen molar-refractivity contribution in [1.29, 1.82) is 0 Å². The van der Waals surface area contributed by atoms with Gasteiger partial charge in [0.05, 0.1) is 5.56 Å².